The first-order valence-corrected chi connectivity index (χ1v) is 9.87. The molecule has 1 saturated heterocycles. The molecule has 158 valence electrons. The molecule has 4 heterocycles. The van der Waals surface area contributed by atoms with Crippen LogP contribution in [0.15, 0.2) is 29.2 Å². The molecule has 0 bridgehead atoms. The van der Waals surface area contributed by atoms with E-state index in [2.05, 4.69) is 20.0 Å². The highest BCUT2D eigenvalue weighted by molar-refractivity contribution is 5.59. The molecule has 0 aliphatic carbocycles. The first kappa shape index (κ1) is 20.2. The Bertz CT molecular complexity index is 1120. The number of ether oxygens (including phenoxy) is 1. The van der Waals surface area contributed by atoms with Crippen molar-refractivity contribution in [1.29, 1.82) is 0 Å². The number of aryl methyl sites for hydroxylation is 2. The third kappa shape index (κ3) is 3.83. The third-order valence-electron chi connectivity index (χ3n) is 5.50. The van der Waals surface area contributed by atoms with Crippen molar-refractivity contribution in [3.63, 3.8) is 0 Å². The van der Waals surface area contributed by atoms with E-state index in [0.29, 0.717) is 24.5 Å². The van der Waals surface area contributed by atoms with Gasteiger partial charge in [0.05, 0.1) is 6.20 Å². The summed E-state index contributed by atoms with van der Waals surface area (Å²) in [5, 5.41) is 4.45. The van der Waals surface area contributed by atoms with Gasteiger partial charge in [0.15, 0.2) is 11.5 Å². The van der Waals surface area contributed by atoms with E-state index in [-0.39, 0.29) is 11.8 Å². The van der Waals surface area contributed by atoms with Crippen LogP contribution in [0.25, 0.3) is 5.65 Å². The lowest BCUT2D eigenvalue weighted by atomic mass is 10.1. The van der Waals surface area contributed by atoms with Gasteiger partial charge in [-0.1, -0.05) is 0 Å². The van der Waals surface area contributed by atoms with Crippen LogP contribution in [0, 0.1) is 20.8 Å². The van der Waals surface area contributed by atoms with Gasteiger partial charge in [-0.2, -0.15) is 4.52 Å². The van der Waals surface area contributed by atoms with Crippen LogP contribution in [0.3, 0.4) is 0 Å². The average molecular weight is 415 g/mol. The summed E-state index contributed by atoms with van der Waals surface area (Å²) in [6.07, 6.45) is 0.593. The summed E-state index contributed by atoms with van der Waals surface area (Å²) in [6.45, 7) is 7.00. The van der Waals surface area contributed by atoms with Gasteiger partial charge in [0.2, 0.25) is 0 Å². The zero-order chi connectivity index (χ0) is 21.4. The topological polar surface area (TPSA) is 72.6 Å². The van der Waals surface area contributed by atoms with Gasteiger partial charge in [0.1, 0.15) is 17.5 Å². The van der Waals surface area contributed by atoms with E-state index in [1.807, 2.05) is 26.0 Å². The predicted molar refractivity (Wildman–Crippen MR) is 109 cm³/mol. The molecule has 1 aliphatic rings. The second-order valence-electron chi connectivity index (χ2n) is 7.57. The van der Waals surface area contributed by atoms with Crippen LogP contribution in [-0.4, -0.2) is 38.8 Å². The molecule has 0 unspecified atom stereocenters. The van der Waals surface area contributed by atoms with E-state index >= 15 is 0 Å². The minimum atomic E-state index is -2.80. The number of pyridine rings is 1. The fourth-order valence-electron chi connectivity index (χ4n) is 3.65. The minimum absolute atomic E-state index is 0.0746. The van der Waals surface area contributed by atoms with Gasteiger partial charge in [0.25, 0.3) is 12.0 Å². The normalized spacial score (nSPS) is 15.2. The molecule has 0 spiro atoms. The molecular weight excluding hydrogens is 392 g/mol. The molecule has 0 atom stereocenters. The van der Waals surface area contributed by atoms with E-state index < -0.39 is 17.7 Å². The lowest BCUT2D eigenvalue weighted by Crippen LogP contribution is -2.39. The Morgan fingerprint density at radius 1 is 1.13 bits per heavy atom. The van der Waals surface area contributed by atoms with E-state index in [0.717, 1.165) is 40.4 Å². The first-order chi connectivity index (χ1) is 14.3. The van der Waals surface area contributed by atoms with Crippen molar-refractivity contribution in [1.82, 2.24) is 19.6 Å². The lowest BCUT2D eigenvalue weighted by molar-refractivity contribution is 0.146. The number of rotatable bonds is 4. The summed E-state index contributed by atoms with van der Waals surface area (Å²) < 4.78 is 33.2. The summed E-state index contributed by atoms with van der Waals surface area (Å²) in [5.74, 6) is 1.42. The molecule has 30 heavy (non-hydrogen) atoms. The smallest absolute Gasteiger partial charge is 0.280 e. The zero-order valence-corrected chi connectivity index (χ0v) is 17.1. The highest BCUT2D eigenvalue weighted by Gasteiger charge is 2.25. The zero-order valence-electron chi connectivity index (χ0n) is 17.1. The number of hydrogen-bond donors (Lipinski definition) is 0. The molecule has 3 aromatic rings. The molecule has 1 fully saturated rings. The van der Waals surface area contributed by atoms with Crippen LogP contribution in [0.5, 0.6) is 5.75 Å². The molecule has 0 N–H and O–H groups in total. The molecule has 1 aliphatic heterocycles. The van der Waals surface area contributed by atoms with Crippen LogP contribution in [0.1, 0.15) is 41.8 Å². The number of nitrogens with zero attached hydrogens (tertiary/aromatic N) is 5. The number of anilines is 1. The standard InChI is InChI=1S/C21H23F2N5O2/c1-12-4-5-16(11-24-12)30-15-6-8-27(9-7-15)21-14(3)13(2)20-25-17(19(22)23)10-18(29)28(20)26-21/h4-5,10-11,15,19H,6-9H2,1-3H3. The van der Waals surface area contributed by atoms with Crippen LogP contribution >= 0.6 is 0 Å². The number of fused-ring (bicyclic) bond motifs is 1. The number of aromatic nitrogens is 4. The molecule has 3 aromatic heterocycles. The van der Waals surface area contributed by atoms with Gasteiger partial charge >= 0.3 is 0 Å². The Balaban J connectivity index is 1.56. The Kier molecular flexibility index (Phi) is 5.36. The Morgan fingerprint density at radius 3 is 2.50 bits per heavy atom. The maximum absolute atomic E-state index is 13.0. The molecule has 0 radical (unpaired) electrons. The quantitative estimate of drug-likeness (QED) is 0.650. The summed E-state index contributed by atoms with van der Waals surface area (Å²) >= 11 is 0. The monoisotopic (exact) mass is 415 g/mol. The van der Waals surface area contributed by atoms with Crippen LogP contribution in [0.4, 0.5) is 14.6 Å². The van der Waals surface area contributed by atoms with Crippen molar-refractivity contribution in [3.8, 4) is 5.75 Å². The van der Waals surface area contributed by atoms with Crippen LogP contribution < -0.4 is 15.2 Å². The molecule has 0 amide bonds. The third-order valence-corrected chi connectivity index (χ3v) is 5.50. The molecule has 7 nitrogen and oxygen atoms in total. The van der Waals surface area contributed by atoms with Gasteiger partial charge in [-0.25, -0.2) is 13.8 Å². The molecule has 0 aromatic carbocycles. The summed E-state index contributed by atoms with van der Waals surface area (Å²) in [7, 11) is 0. The Labute approximate surface area is 172 Å². The van der Waals surface area contributed by atoms with Crippen molar-refractivity contribution in [2.24, 2.45) is 0 Å². The highest BCUT2D eigenvalue weighted by atomic mass is 19.3. The predicted octanol–water partition coefficient (Wildman–Crippen LogP) is 3.40. The fourth-order valence-corrected chi connectivity index (χ4v) is 3.65. The van der Waals surface area contributed by atoms with E-state index in [9.17, 15) is 13.6 Å². The van der Waals surface area contributed by atoms with E-state index in [1.54, 1.807) is 13.1 Å². The Morgan fingerprint density at radius 2 is 1.87 bits per heavy atom. The van der Waals surface area contributed by atoms with Gasteiger partial charge in [-0.15, -0.1) is 5.10 Å². The Hall–Kier alpha value is -3.10. The molecule has 9 heteroatoms. The van der Waals surface area contributed by atoms with Gasteiger partial charge in [-0.05, 0) is 32.9 Å². The van der Waals surface area contributed by atoms with Crippen molar-refractivity contribution in [3.05, 3.63) is 57.3 Å². The van der Waals surface area contributed by atoms with Gasteiger partial charge in [-0.3, -0.25) is 9.78 Å². The number of hydrogen-bond acceptors (Lipinski definition) is 6. The van der Waals surface area contributed by atoms with Gasteiger partial charge in [0, 0.05) is 48.8 Å². The van der Waals surface area contributed by atoms with E-state index in [1.165, 1.54) is 0 Å². The largest absolute Gasteiger partial charge is 0.489 e. The molecular formula is C21H23F2N5O2. The molecule has 4 rings (SSSR count). The second-order valence-corrected chi connectivity index (χ2v) is 7.57. The van der Waals surface area contributed by atoms with Crippen molar-refractivity contribution in [2.45, 2.75) is 46.1 Å². The summed E-state index contributed by atoms with van der Waals surface area (Å²) in [5.41, 5.74) is 1.48. The van der Waals surface area contributed by atoms with Crippen LogP contribution in [-0.2, 0) is 0 Å². The molecule has 0 saturated carbocycles. The average Bonchev–Trinajstić information content (AvgIpc) is 2.73. The maximum Gasteiger partial charge on any atom is 0.280 e. The van der Waals surface area contributed by atoms with E-state index in [4.69, 9.17) is 4.74 Å². The van der Waals surface area contributed by atoms with Gasteiger partial charge < -0.3 is 9.64 Å². The highest BCUT2D eigenvalue weighted by Crippen LogP contribution is 2.27. The SMILES string of the molecule is Cc1ccc(OC2CCN(c3nn4c(=O)cc(C(F)F)nc4c(C)c3C)CC2)cn1. The number of halogens is 2. The minimum Gasteiger partial charge on any atom is -0.489 e. The van der Waals surface area contributed by atoms with Crippen molar-refractivity contribution < 1.29 is 13.5 Å². The number of piperidine rings is 1. The second kappa shape index (κ2) is 7.97. The van der Waals surface area contributed by atoms with Crippen molar-refractivity contribution >= 4 is 11.5 Å². The lowest BCUT2D eigenvalue weighted by Gasteiger charge is -2.34. The maximum atomic E-state index is 13.0. The first-order valence-electron chi connectivity index (χ1n) is 9.87. The van der Waals surface area contributed by atoms with Crippen molar-refractivity contribution in [2.75, 3.05) is 18.0 Å². The summed E-state index contributed by atoms with van der Waals surface area (Å²) in [4.78, 5) is 22.7. The number of alkyl halides is 2. The fraction of sp³-hybridized carbons (Fsp3) is 0.429. The summed E-state index contributed by atoms with van der Waals surface area (Å²) in [6, 6.07) is 4.68. The van der Waals surface area contributed by atoms with Crippen LogP contribution in [0.2, 0.25) is 0 Å².